The first kappa shape index (κ1) is 28.2. The Bertz CT molecular complexity index is 788. The Morgan fingerprint density at radius 3 is 2.22 bits per heavy atom. The number of carbonyl (C=O) groups excluding carboxylic acids is 3. The quantitative estimate of drug-likeness (QED) is 0.342. The van der Waals surface area contributed by atoms with E-state index in [4.69, 9.17) is 9.47 Å². The summed E-state index contributed by atoms with van der Waals surface area (Å²) in [6, 6.07) is -0.381. The van der Waals surface area contributed by atoms with E-state index in [1.54, 1.807) is 9.80 Å². The number of carbonyl (C=O) groups is 4. The van der Waals surface area contributed by atoms with Crippen molar-refractivity contribution in [2.75, 3.05) is 45.9 Å². The van der Waals surface area contributed by atoms with E-state index in [2.05, 4.69) is 19.2 Å². The summed E-state index contributed by atoms with van der Waals surface area (Å²) in [4.78, 5) is 51.8. The van der Waals surface area contributed by atoms with Gasteiger partial charge in [-0.15, -0.1) is 0 Å². The summed E-state index contributed by atoms with van der Waals surface area (Å²) in [7, 11) is 0. The maximum atomic E-state index is 12.8. The molecule has 1 saturated heterocycles. The first-order chi connectivity index (χ1) is 17.2. The van der Waals surface area contributed by atoms with E-state index in [0.717, 1.165) is 25.7 Å². The Balaban J connectivity index is 1.38. The highest BCUT2D eigenvalue weighted by atomic mass is 16.5. The van der Waals surface area contributed by atoms with Crippen LogP contribution in [0.25, 0.3) is 0 Å². The predicted molar refractivity (Wildman–Crippen MR) is 132 cm³/mol. The molecule has 2 N–H and O–H groups in total. The Labute approximate surface area is 214 Å². The molecule has 0 bridgehead atoms. The Morgan fingerprint density at radius 1 is 0.972 bits per heavy atom. The van der Waals surface area contributed by atoms with Gasteiger partial charge in [-0.1, -0.05) is 39.5 Å². The lowest BCUT2D eigenvalue weighted by atomic mass is 10.1. The van der Waals surface area contributed by atoms with E-state index < -0.39 is 17.5 Å². The number of hydrogen-bond donors (Lipinski definition) is 2. The normalized spacial score (nSPS) is 26.7. The molecule has 36 heavy (non-hydrogen) atoms. The zero-order valence-electron chi connectivity index (χ0n) is 22.0. The van der Waals surface area contributed by atoms with Crippen molar-refractivity contribution in [3.05, 3.63) is 0 Å². The fourth-order valence-electron chi connectivity index (χ4n) is 5.34. The summed E-state index contributed by atoms with van der Waals surface area (Å²) < 4.78 is 10.9. The Kier molecular flexibility index (Phi) is 9.99. The van der Waals surface area contributed by atoms with Gasteiger partial charge in [-0.2, -0.15) is 0 Å². The van der Waals surface area contributed by atoms with Crippen molar-refractivity contribution in [3.63, 3.8) is 0 Å². The van der Waals surface area contributed by atoms with Crippen LogP contribution in [0.5, 0.6) is 0 Å². The molecule has 0 aromatic heterocycles. The third-order valence-corrected chi connectivity index (χ3v) is 7.96. The van der Waals surface area contributed by atoms with Crippen LogP contribution >= 0.6 is 0 Å². The number of carboxylic acid groups (broad SMARTS) is 1. The molecule has 10 heteroatoms. The summed E-state index contributed by atoms with van der Waals surface area (Å²) in [5, 5.41) is 11.9. The maximum Gasteiger partial charge on any atom is 0.407 e. The highest BCUT2D eigenvalue weighted by Gasteiger charge is 2.49. The molecule has 1 heterocycles. The number of hydrogen-bond acceptors (Lipinski definition) is 7. The standard InChI is InChI=1S/C26H43N3O7/c1-4-6-19-20(7-5-2)21(19)17-36-25(34)27-11-8-22(30)29-13-12-28(15-23(31)32)18(14-29)16-35-24(33)26(3)9-10-26/h18-21H,4-17H2,1-3H3,(H,27,34)(H,31,32)/t18?,19-,20+,21-. The average molecular weight is 510 g/mol. The van der Waals surface area contributed by atoms with Crippen molar-refractivity contribution < 1.29 is 33.8 Å². The molecule has 0 aromatic rings. The molecule has 3 aliphatic rings. The lowest BCUT2D eigenvalue weighted by Gasteiger charge is -2.40. The van der Waals surface area contributed by atoms with Crippen LogP contribution in [-0.2, 0) is 23.9 Å². The zero-order valence-corrected chi connectivity index (χ0v) is 22.0. The fourth-order valence-corrected chi connectivity index (χ4v) is 5.34. The van der Waals surface area contributed by atoms with E-state index in [-0.39, 0.29) is 50.6 Å². The topological polar surface area (TPSA) is 125 Å². The third kappa shape index (κ3) is 7.82. The maximum absolute atomic E-state index is 12.8. The van der Waals surface area contributed by atoms with Crippen molar-refractivity contribution in [2.24, 2.45) is 23.2 Å². The van der Waals surface area contributed by atoms with Gasteiger partial charge in [0.1, 0.15) is 6.61 Å². The molecule has 1 unspecified atom stereocenters. The Hall–Kier alpha value is -2.36. The molecule has 204 valence electrons. The second-order valence-corrected chi connectivity index (χ2v) is 10.9. The molecule has 10 nitrogen and oxygen atoms in total. The Morgan fingerprint density at radius 2 is 1.64 bits per heavy atom. The molecule has 2 amide bonds. The van der Waals surface area contributed by atoms with E-state index in [1.807, 2.05) is 6.92 Å². The lowest BCUT2D eigenvalue weighted by Crippen LogP contribution is -2.57. The van der Waals surface area contributed by atoms with Crippen LogP contribution in [0.3, 0.4) is 0 Å². The number of ether oxygens (including phenoxy) is 2. The van der Waals surface area contributed by atoms with Crippen molar-refractivity contribution in [2.45, 2.75) is 71.8 Å². The average Bonchev–Trinajstić information content (AvgIpc) is 3.74. The molecule has 2 aliphatic carbocycles. The van der Waals surface area contributed by atoms with Crippen LogP contribution < -0.4 is 5.32 Å². The number of piperazine rings is 1. The molecule has 0 spiro atoms. The third-order valence-electron chi connectivity index (χ3n) is 7.96. The van der Waals surface area contributed by atoms with Gasteiger partial charge >= 0.3 is 18.0 Å². The van der Waals surface area contributed by atoms with E-state index >= 15 is 0 Å². The van der Waals surface area contributed by atoms with Crippen LogP contribution in [0, 0.1) is 23.2 Å². The van der Waals surface area contributed by atoms with Crippen LogP contribution in [0.4, 0.5) is 4.79 Å². The van der Waals surface area contributed by atoms with E-state index in [0.29, 0.717) is 37.5 Å². The number of aliphatic carboxylic acids is 1. The predicted octanol–water partition coefficient (Wildman–Crippen LogP) is 2.51. The molecule has 0 aromatic carbocycles. The number of nitrogens with zero attached hydrogens (tertiary/aromatic N) is 2. The zero-order chi connectivity index (χ0) is 26.3. The van der Waals surface area contributed by atoms with Crippen LogP contribution in [0.2, 0.25) is 0 Å². The summed E-state index contributed by atoms with van der Waals surface area (Å²) in [6.45, 7) is 7.74. The number of nitrogens with one attached hydrogen (secondary N) is 1. The minimum Gasteiger partial charge on any atom is -0.480 e. The SMILES string of the molecule is CCC[C@@H]1[C@H](CCC)[C@@H]1COC(=O)NCCC(=O)N1CCN(CC(=O)O)C(COC(=O)C2(C)CC2)C1. The van der Waals surface area contributed by atoms with Crippen LogP contribution in [0.15, 0.2) is 0 Å². The highest BCUT2D eigenvalue weighted by molar-refractivity contribution is 5.79. The van der Waals surface area contributed by atoms with Gasteiger partial charge in [0, 0.05) is 32.6 Å². The lowest BCUT2D eigenvalue weighted by molar-refractivity contribution is -0.153. The summed E-state index contributed by atoms with van der Waals surface area (Å²) in [5.74, 6) is 0.400. The fraction of sp³-hybridized carbons (Fsp3) is 0.846. The van der Waals surface area contributed by atoms with Gasteiger partial charge in [-0.3, -0.25) is 19.3 Å². The molecule has 3 rings (SSSR count). The molecule has 3 fully saturated rings. The van der Waals surface area contributed by atoms with Gasteiger partial charge in [0.2, 0.25) is 5.91 Å². The first-order valence-electron chi connectivity index (χ1n) is 13.5. The highest BCUT2D eigenvalue weighted by Crippen LogP contribution is 2.52. The van der Waals surface area contributed by atoms with Crippen molar-refractivity contribution in [1.82, 2.24) is 15.1 Å². The van der Waals surface area contributed by atoms with Crippen LogP contribution in [0.1, 0.15) is 65.7 Å². The second kappa shape index (κ2) is 12.7. The van der Waals surface area contributed by atoms with E-state index in [9.17, 15) is 24.3 Å². The number of amides is 2. The summed E-state index contributed by atoms with van der Waals surface area (Å²) >= 11 is 0. The van der Waals surface area contributed by atoms with Gasteiger partial charge in [0.25, 0.3) is 0 Å². The number of rotatable bonds is 14. The van der Waals surface area contributed by atoms with Gasteiger partial charge in [0.05, 0.1) is 24.6 Å². The number of alkyl carbamates (subject to hydrolysis) is 1. The van der Waals surface area contributed by atoms with Gasteiger partial charge in [0.15, 0.2) is 0 Å². The smallest absolute Gasteiger partial charge is 0.407 e. The van der Waals surface area contributed by atoms with E-state index in [1.165, 1.54) is 12.8 Å². The molecule has 0 radical (unpaired) electrons. The van der Waals surface area contributed by atoms with Gasteiger partial charge in [-0.05, 0) is 37.5 Å². The largest absolute Gasteiger partial charge is 0.480 e. The number of esters is 1. The van der Waals surface area contributed by atoms with Crippen molar-refractivity contribution in [1.29, 1.82) is 0 Å². The molecular formula is C26H43N3O7. The summed E-state index contributed by atoms with van der Waals surface area (Å²) in [6.07, 6.45) is 5.86. The first-order valence-corrected chi connectivity index (χ1v) is 13.5. The number of carboxylic acids is 1. The minimum absolute atomic E-state index is 0.0509. The molecule has 4 atom stereocenters. The summed E-state index contributed by atoms with van der Waals surface area (Å²) in [5.41, 5.74) is -0.421. The molecule has 2 saturated carbocycles. The van der Waals surface area contributed by atoms with Crippen LogP contribution in [-0.4, -0.2) is 90.8 Å². The van der Waals surface area contributed by atoms with Crippen molar-refractivity contribution >= 4 is 23.9 Å². The van der Waals surface area contributed by atoms with Gasteiger partial charge in [-0.25, -0.2) is 4.79 Å². The monoisotopic (exact) mass is 509 g/mol. The molecule has 1 aliphatic heterocycles. The second-order valence-electron chi connectivity index (χ2n) is 10.9. The minimum atomic E-state index is -0.962. The van der Waals surface area contributed by atoms with Gasteiger partial charge < -0.3 is 24.8 Å². The van der Waals surface area contributed by atoms with Crippen molar-refractivity contribution in [3.8, 4) is 0 Å². The molecular weight excluding hydrogens is 466 g/mol.